The smallest absolute Gasteiger partial charge is 0.134 e. The molecule has 0 bridgehead atoms. The van der Waals surface area contributed by atoms with Crippen molar-refractivity contribution in [2.45, 2.75) is 51.9 Å². The van der Waals surface area contributed by atoms with Crippen molar-refractivity contribution in [2.75, 3.05) is 0 Å². The molecule has 3 aromatic rings. The van der Waals surface area contributed by atoms with Crippen LogP contribution in [0.4, 0.5) is 0 Å². The van der Waals surface area contributed by atoms with Gasteiger partial charge in [0.2, 0.25) is 0 Å². The molecule has 0 saturated heterocycles. The molecule has 116 valence electrons. The van der Waals surface area contributed by atoms with Gasteiger partial charge in [-0.25, -0.2) is 4.98 Å². The van der Waals surface area contributed by atoms with Gasteiger partial charge in [-0.15, -0.1) is 0 Å². The van der Waals surface area contributed by atoms with Gasteiger partial charge in [-0.1, -0.05) is 52.8 Å². The van der Waals surface area contributed by atoms with E-state index in [9.17, 15) is 0 Å². The Morgan fingerprint density at radius 3 is 2.45 bits per heavy atom. The van der Waals surface area contributed by atoms with E-state index in [2.05, 4.69) is 51.7 Å². The molecular weight excluding hydrogens is 272 g/mol. The molecule has 0 aliphatic rings. The number of fused-ring (bicyclic) bond motifs is 1. The number of para-hydroxylation sites is 1. The topological polar surface area (TPSA) is 41.8 Å². The zero-order valence-electron chi connectivity index (χ0n) is 14.0. The number of aromatic amines is 1. The zero-order chi connectivity index (χ0) is 16.0. The van der Waals surface area contributed by atoms with Gasteiger partial charge in [0.15, 0.2) is 0 Å². The number of H-pyrrole nitrogens is 1. The summed E-state index contributed by atoms with van der Waals surface area (Å²) in [4.78, 5) is 8.07. The Labute approximate surface area is 131 Å². The summed E-state index contributed by atoms with van der Waals surface area (Å²) >= 11 is 0. The molecule has 2 heterocycles. The molecule has 3 nitrogen and oxygen atoms in total. The number of rotatable bonds is 3. The highest BCUT2D eigenvalue weighted by molar-refractivity contribution is 5.78. The minimum Gasteiger partial charge on any atom is -0.460 e. The molecule has 3 rings (SSSR count). The van der Waals surface area contributed by atoms with Crippen LogP contribution >= 0.6 is 0 Å². The van der Waals surface area contributed by atoms with Crippen LogP contribution in [-0.4, -0.2) is 9.97 Å². The molecule has 3 heteroatoms. The fraction of sp³-hybridized carbons (Fsp3) is 0.421. The Bertz CT molecular complexity index is 754. The first-order valence-electron chi connectivity index (χ1n) is 7.79. The van der Waals surface area contributed by atoms with Gasteiger partial charge in [0.05, 0.1) is 5.69 Å². The summed E-state index contributed by atoms with van der Waals surface area (Å²) in [6.07, 6.45) is 2.84. The summed E-state index contributed by atoms with van der Waals surface area (Å²) in [7, 11) is 0. The Balaban J connectivity index is 1.88. The molecule has 22 heavy (non-hydrogen) atoms. The summed E-state index contributed by atoms with van der Waals surface area (Å²) in [5.74, 6) is 2.01. The van der Waals surface area contributed by atoms with E-state index in [1.165, 1.54) is 0 Å². The van der Waals surface area contributed by atoms with Gasteiger partial charge in [-0.2, -0.15) is 0 Å². The number of hydrogen-bond acceptors (Lipinski definition) is 2. The second kappa shape index (κ2) is 5.01. The van der Waals surface area contributed by atoms with Crippen LogP contribution in [0.2, 0.25) is 0 Å². The molecule has 0 radical (unpaired) electrons. The van der Waals surface area contributed by atoms with E-state index >= 15 is 0 Å². The van der Waals surface area contributed by atoms with E-state index in [-0.39, 0.29) is 10.8 Å². The van der Waals surface area contributed by atoms with Crippen molar-refractivity contribution in [1.82, 2.24) is 9.97 Å². The fourth-order valence-electron chi connectivity index (χ4n) is 2.66. The maximum absolute atomic E-state index is 6.04. The number of benzene rings is 1. The second-order valence-corrected chi connectivity index (χ2v) is 7.69. The summed E-state index contributed by atoms with van der Waals surface area (Å²) in [5.41, 5.74) is 2.01. The predicted molar refractivity (Wildman–Crippen MR) is 90.2 cm³/mol. The summed E-state index contributed by atoms with van der Waals surface area (Å²) in [5, 5.41) is 1.15. The summed E-state index contributed by atoms with van der Waals surface area (Å²) in [6.45, 7) is 10.9. The third-order valence-electron chi connectivity index (χ3n) is 4.10. The van der Waals surface area contributed by atoms with Crippen molar-refractivity contribution in [3.8, 4) is 0 Å². The van der Waals surface area contributed by atoms with Crippen LogP contribution in [0, 0.1) is 0 Å². The van der Waals surface area contributed by atoms with Crippen LogP contribution in [0.3, 0.4) is 0 Å². The molecule has 0 aliphatic carbocycles. The van der Waals surface area contributed by atoms with Crippen molar-refractivity contribution in [3.05, 3.63) is 53.8 Å². The fourth-order valence-corrected chi connectivity index (χ4v) is 2.66. The second-order valence-electron chi connectivity index (χ2n) is 7.69. The van der Waals surface area contributed by atoms with Crippen LogP contribution in [0.25, 0.3) is 11.0 Å². The summed E-state index contributed by atoms with van der Waals surface area (Å²) < 4.78 is 6.04. The average Bonchev–Trinajstić information content (AvgIpc) is 3.03. The summed E-state index contributed by atoms with van der Waals surface area (Å²) in [6, 6.07) is 10.3. The van der Waals surface area contributed by atoms with Gasteiger partial charge < -0.3 is 9.40 Å². The molecule has 0 amide bonds. The lowest BCUT2D eigenvalue weighted by Crippen LogP contribution is -2.20. The number of nitrogens with zero attached hydrogens (tertiary/aromatic N) is 1. The Morgan fingerprint density at radius 2 is 1.82 bits per heavy atom. The first kappa shape index (κ1) is 14.9. The first-order valence-corrected chi connectivity index (χ1v) is 7.79. The molecule has 0 aliphatic heterocycles. The average molecular weight is 296 g/mol. The van der Waals surface area contributed by atoms with Crippen LogP contribution < -0.4 is 0 Å². The van der Waals surface area contributed by atoms with Crippen LogP contribution in [-0.2, 0) is 17.3 Å². The molecule has 1 N–H and O–H groups in total. The number of imidazole rings is 1. The number of hydrogen-bond donors (Lipinski definition) is 1. The van der Waals surface area contributed by atoms with Gasteiger partial charge in [-0.05, 0) is 12.1 Å². The van der Waals surface area contributed by atoms with E-state index in [1.807, 2.05) is 24.4 Å². The maximum Gasteiger partial charge on any atom is 0.134 e. The quantitative estimate of drug-likeness (QED) is 0.741. The van der Waals surface area contributed by atoms with E-state index < -0.39 is 0 Å². The highest BCUT2D eigenvalue weighted by Crippen LogP contribution is 2.32. The monoisotopic (exact) mass is 296 g/mol. The van der Waals surface area contributed by atoms with Crippen molar-refractivity contribution in [3.63, 3.8) is 0 Å². The van der Waals surface area contributed by atoms with E-state index in [1.54, 1.807) is 0 Å². The molecule has 1 aromatic carbocycles. The first-order chi connectivity index (χ1) is 10.3. The van der Waals surface area contributed by atoms with Crippen molar-refractivity contribution >= 4 is 11.0 Å². The normalized spacial score (nSPS) is 13.0. The molecule has 0 unspecified atom stereocenters. The van der Waals surface area contributed by atoms with Gasteiger partial charge in [0, 0.05) is 28.8 Å². The van der Waals surface area contributed by atoms with Crippen LogP contribution in [0.1, 0.15) is 51.9 Å². The third-order valence-corrected chi connectivity index (χ3v) is 4.10. The van der Waals surface area contributed by atoms with E-state index in [0.717, 1.165) is 34.7 Å². The lowest BCUT2D eigenvalue weighted by atomic mass is 9.86. The highest BCUT2D eigenvalue weighted by Gasteiger charge is 2.27. The Kier molecular flexibility index (Phi) is 3.39. The maximum atomic E-state index is 6.04. The predicted octanol–water partition coefficient (Wildman–Crippen LogP) is 4.97. The zero-order valence-corrected chi connectivity index (χ0v) is 14.0. The van der Waals surface area contributed by atoms with Gasteiger partial charge in [-0.3, -0.25) is 0 Å². The highest BCUT2D eigenvalue weighted by atomic mass is 16.3. The number of aromatic nitrogens is 2. The van der Waals surface area contributed by atoms with Crippen molar-refractivity contribution < 1.29 is 4.42 Å². The SMILES string of the molecule is CC(C)(C)c1c[nH]c(CC(C)(C)c2cc3ccccc3o2)n1. The lowest BCUT2D eigenvalue weighted by Gasteiger charge is -2.20. The minimum atomic E-state index is -0.105. The molecule has 0 atom stereocenters. The molecule has 0 saturated carbocycles. The molecule has 2 aromatic heterocycles. The number of furan rings is 1. The van der Waals surface area contributed by atoms with Gasteiger partial charge in [0.1, 0.15) is 17.2 Å². The number of nitrogens with one attached hydrogen (secondary N) is 1. The van der Waals surface area contributed by atoms with Crippen molar-refractivity contribution in [2.24, 2.45) is 0 Å². The molecule has 0 fully saturated rings. The molecular formula is C19H24N2O. The van der Waals surface area contributed by atoms with Crippen LogP contribution in [0.5, 0.6) is 0 Å². The lowest BCUT2D eigenvalue weighted by molar-refractivity contribution is 0.393. The third kappa shape index (κ3) is 2.80. The Morgan fingerprint density at radius 1 is 1.09 bits per heavy atom. The van der Waals surface area contributed by atoms with Gasteiger partial charge in [0.25, 0.3) is 0 Å². The van der Waals surface area contributed by atoms with E-state index in [0.29, 0.717) is 0 Å². The van der Waals surface area contributed by atoms with Crippen molar-refractivity contribution in [1.29, 1.82) is 0 Å². The van der Waals surface area contributed by atoms with Crippen LogP contribution in [0.15, 0.2) is 40.9 Å². The Hall–Kier alpha value is -2.03. The largest absolute Gasteiger partial charge is 0.460 e. The molecule has 0 spiro atoms. The standard InChI is InChI=1S/C19H24N2O/c1-18(2,3)15-12-20-17(21-15)11-19(4,5)16-10-13-8-6-7-9-14(13)22-16/h6-10,12H,11H2,1-5H3,(H,20,21). The van der Waals surface area contributed by atoms with Gasteiger partial charge >= 0.3 is 0 Å². The van der Waals surface area contributed by atoms with E-state index in [4.69, 9.17) is 9.40 Å². The minimum absolute atomic E-state index is 0.0677.